The number of aromatic nitrogens is 2. The molecule has 0 fully saturated rings. The Morgan fingerprint density at radius 3 is 2.81 bits per heavy atom. The van der Waals surface area contributed by atoms with Crippen LogP contribution in [0.25, 0.3) is 11.0 Å². The molecule has 0 radical (unpaired) electrons. The Bertz CT molecular complexity index is 708. The van der Waals surface area contributed by atoms with Crippen molar-refractivity contribution < 1.29 is 14.6 Å². The molecular formula is C15H18N2O4. The van der Waals surface area contributed by atoms with Crippen LogP contribution in [0.2, 0.25) is 0 Å². The van der Waals surface area contributed by atoms with Crippen molar-refractivity contribution in [2.45, 2.75) is 32.9 Å². The molecule has 6 nitrogen and oxygen atoms in total. The number of hydrogen-bond acceptors (Lipinski definition) is 4. The third-order valence-electron chi connectivity index (χ3n) is 3.27. The van der Waals surface area contributed by atoms with E-state index in [9.17, 15) is 9.59 Å². The van der Waals surface area contributed by atoms with Crippen LogP contribution in [0.15, 0.2) is 29.1 Å². The van der Waals surface area contributed by atoms with Crippen molar-refractivity contribution in [3.8, 4) is 0 Å². The Morgan fingerprint density at radius 2 is 2.14 bits per heavy atom. The number of aliphatic carboxylic acids is 1. The van der Waals surface area contributed by atoms with Gasteiger partial charge in [-0.25, -0.2) is 9.78 Å². The molecule has 0 aliphatic rings. The second kappa shape index (κ2) is 6.49. The molecule has 2 aromatic rings. The molecule has 0 spiro atoms. The minimum atomic E-state index is -1.01. The second-order valence-electron chi connectivity index (χ2n) is 4.71. The number of ether oxygens (including phenoxy) is 1. The number of carboxylic acids is 1. The normalized spacial score (nSPS) is 12.5. The molecule has 0 saturated heterocycles. The maximum atomic E-state index is 12.2. The van der Waals surface area contributed by atoms with Gasteiger partial charge in [-0.2, -0.15) is 0 Å². The number of carboxylic acid groups (broad SMARTS) is 1. The number of carbonyl (C=O) groups is 1. The van der Waals surface area contributed by atoms with E-state index < -0.39 is 12.1 Å². The molecule has 1 heterocycles. The Balaban J connectivity index is 2.35. The molecule has 1 aromatic heterocycles. The average molecular weight is 290 g/mol. The van der Waals surface area contributed by atoms with Gasteiger partial charge in [-0.05, 0) is 26.0 Å². The quantitative estimate of drug-likeness (QED) is 0.873. The first-order chi connectivity index (χ1) is 10.0. The maximum Gasteiger partial charge on any atom is 0.332 e. The maximum absolute atomic E-state index is 12.2. The van der Waals surface area contributed by atoms with Crippen LogP contribution in [0.1, 0.15) is 19.0 Å². The third kappa shape index (κ3) is 3.28. The van der Waals surface area contributed by atoms with Crippen LogP contribution in [0.4, 0.5) is 0 Å². The molecular weight excluding hydrogens is 272 g/mol. The van der Waals surface area contributed by atoms with Gasteiger partial charge < -0.3 is 14.4 Å². The van der Waals surface area contributed by atoms with Crippen LogP contribution in [0.3, 0.4) is 0 Å². The van der Waals surface area contributed by atoms with Crippen LogP contribution in [0, 0.1) is 6.92 Å². The number of fused-ring (bicyclic) bond motifs is 1. The standard InChI is InChI=1S/C15H18N2O4/c1-3-21-13(15(19)20)8-9-17-12-7-5-4-6-11(12)16-10(2)14(17)18/h4-7,13H,3,8-9H2,1-2H3,(H,19,20). The van der Waals surface area contributed by atoms with Crippen molar-refractivity contribution in [2.24, 2.45) is 0 Å². The predicted molar refractivity (Wildman–Crippen MR) is 78.4 cm³/mol. The van der Waals surface area contributed by atoms with Crippen LogP contribution in [-0.4, -0.2) is 33.3 Å². The van der Waals surface area contributed by atoms with Gasteiger partial charge in [0.15, 0.2) is 6.10 Å². The van der Waals surface area contributed by atoms with Gasteiger partial charge in [0.1, 0.15) is 5.69 Å². The highest BCUT2D eigenvalue weighted by molar-refractivity contribution is 5.75. The number of aryl methyl sites for hydroxylation is 2. The summed E-state index contributed by atoms with van der Waals surface area (Å²) in [6, 6.07) is 7.31. The number of rotatable bonds is 6. The van der Waals surface area contributed by atoms with E-state index in [-0.39, 0.29) is 18.5 Å². The fraction of sp³-hybridized carbons (Fsp3) is 0.400. The summed E-state index contributed by atoms with van der Waals surface area (Å²) in [5, 5.41) is 9.09. The molecule has 0 amide bonds. The molecule has 6 heteroatoms. The highest BCUT2D eigenvalue weighted by Crippen LogP contribution is 2.11. The van der Waals surface area contributed by atoms with Gasteiger partial charge in [0, 0.05) is 19.6 Å². The van der Waals surface area contributed by atoms with Gasteiger partial charge in [0.25, 0.3) is 5.56 Å². The summed E-state index contributed by atoms with van der Waals surface area (Å²) in [4.78, 5) is 27.6. The first kappa shape index (κ1) is 15.2. The van der Waals surface area contributed by atoms with Crippen molar-refractivity contribution >= 4 is 17.0 Å². The minimum absolute atomic E-state index is 0.200. The zero-order valence-electron chi connectivity index (χ0n) is 12.1. The SMILES string of the molecule is CCOC(CCn1c(=O)c(C)nc2ccccc21)C(=O)O. The third-order valence-corrected chi connectivity index (χ3v) is 3.27. The van der Waals surface area contributed by atoms with Gasteiger partial charge in [-0.3, -0.25) is 4.79 Å². The van der Waals surface area contributed by atoms with Gasteiger partial charge in [0.05, 0.1) is 11.0 Å². The van der Waals surface area contributed by atoms with Crippen molar-refractivity contribution in [1.82, 2.24) is 9.55 Å². The summed E-state index contributed by atoms with van der Waals surface area (Å²) in [7, 11) is 0. The molecule has 0 bridgehead atoms. The Kier molecular flexibility index (Phi) is 4.70. The topological polar surface area (TPSA) is 81.4 Å². The second-order valence-corrected chi connectivity index (χ2v) is 4.71. The van der Waals surface area contributed by atoms with Crippen LogP contribution in [-0.2, 0) is 16.1 Å². The lowest BCUT2D eigenvalue weighted by atomic mass is 10.2. The first-order valence-corrected chi connectivity index (χ1v) is 6.85. The first-order valence-electron chi connectivity index (χ1n) is 6.85. The molecule has 0 saturated carbocycles. The lowest BCUT2D eigenvalue weighted by Crippen LogP contribution is -2.30. The molecule has 0 aliphatic carbocycles. The van der Waals surface area contributed by atoms with Gasteiger partial charge in [-0.15, -0.1) is 0 Å². The largest absolute Gasteiger partial charge is 0.479 e. The van der Waals surface area contributed by atoms with E-state index in [1.54, 1.807) is 24.5 Å². The number of para-hydroxylation sites is 2. The van der Waals surface area contributed by atoms with Crippen molar-refractivity contribution in [3.05, 3.63) is 40.3 Å². The molecule has 1 atom stereocenters. The summed E-state index contributed by atoms with van der Waals surface area (Å²) in [5.41, 5.74) is 1.62. The minimum Gasteiger partial charge on any atom is -0.479 e. The van der Waals surface area contributed by atoms with E-state index in [0.29, 0.717) is 17.8 Å². The lowest BCUT2D eigenvalue weighted by Gasteiger charge is -2.15. The summed E-state index contributed by atoms with van der Waals surface area (Å²) >= 11 is 0. The molecule has 1 N–H and O–H groups in total. The number of nitrogens with zero attached hydrogens (tertiary/aromatic N) is 2. The highest BCUT2D eigenvalue weighted by Gasteiger charge is 2.18. The zero-order valence-corrected chi connectivity index (χ0v) is 12.1. The van der Waals surface area contributed by atoms with Gasteiger partial charge in [0.2, 0.25) is 0 Å². The molecule has 0 aliphatic heterocycles. The Labute approximate surface area is 122 Å². The summed E-state index contributed by atoms with van der Waals surface area (Å²) < 4.78 is 6.74. The van der Waals surface area contributed by atoms with E-state index in [4.69, 9.17) is 9.84 Å². The monoisotopic (exact) mass is 290 g/mol. The number of hydrogen-bond donors (Lipinski definition) is 1. The van der Waals surface area contributed by atoms with Crippen LogP contribution >= 0.6 is 0 Å². The lowest BCUT2D eigenvalue weighted by molar-refractivity contribution is -0.150. The summed E-state index contributed by atoms with van der Waals surface area (Å²) in [6.45, 7) is 4.00. The van der Waals surface area contributed by atoms with Crippen molar-refractivity contribution in [3.63, 3.8) is 0 Å². The van der Waals surface area contributed by atoms with E-state index in [1.165, 1.54) is 0 Å². The van der Waals surface area contributed by atoms with E-state index in [1.807, 2.05) is 18.2 Å². The van der Waals surface area contributed by atoms with Gasteiger partial charge in [-0.1, -0.05) is 12.1 Å². The smallest absolute Gasteiger partial charge is 0.332 e. The van der Waals surface area contributed by atoms with Crippen LogP contribution < -0.4 is 5.56 Å². The van der Waals surface area contributed by atoms with Gasteiger partial charge >= 0.3 is 5.97 Å². The fourth-order valence-electron chi connectivity index (χ4n) is 2.27. The Morgan fingerprint density at radius 1 is 1.43 bits per heavy atom. The molecule has 2 rings (SSSR count). The summed E-state index contributed by atoms with van der Waals surface area (Å²) in [6.07, 6.45) is -0.676. The van der Waals surface area contributed by atoms with Crippen LogP contribution in [0.5, 0.6) is 0 Å². The number of benzene rings is 1. The van der Waals surface area contributed by atoms with E-state index in [2.05, 4.69) is 4.98 Å². The van der Waals surface area contributed by atoms with E-state index >= 15 is 0 Å². The molecule has 21 heavy (non-hydrogen) atoms. The molecule has 1 unspecified atom stereocenters. The Hall–Kier alpha value is -2.21. The zero-order chi connectivity index (χ0) is 15.4. The average Bonchev–Trinajstić information content (AvgIpc) is 2.46. The molecule has 112 valence electrons. The molecule has 1 aromatic carbocycles. The van der Waals surface area contributed by atoms with E-state index in [0.717, 1.165) is 5.52 Å². The van der Waals surface area contributed by atoms with Crippen molar-refractivity contribution in [1.29, 1.82) is 0 Å². The highest BCUT2D eigenvalue weighted by atomic mass is 16.5. The summed E-state index contributed by atoms with van der Waals surface area (Å²) in [5.74, 6) is -1.01. The fourth-order valence-corrected chi connectivity index (χ4v) is 2.27. The van der Waals surface area contributed by atoms with Crippen molar-refractivity contribution in [2.75, 3.05) is 6.61 Å². The predicted octanol–water partition coefficient (Wildman–Crippen LogP) is 1.58.